The minimum Gasteiger partial charge on any atom is -0.481 e. The molecule has 1 N–H and O–H groups in total. The lowest BCUT2D eigenvalue weighted by atomic mass is 9.67. The number of carbonyl (C=O) groups excluding carboxylic acids is 1. The topological polar surface area (TPSA) is 95.0 Å². The molecule has 2 aliphatic rings. The zero-order valence-corrected chi connectivity index (χ0v) is 24.1. The maximum absolute atomic E-state index is 14.4. The van der Waals surface area contributed by atoms with Crippen molar-refractivity contribution >= 4 is 45.1 Å². The van der Waals surface area contributed by atoms with Crippen LogP contribution in [0, 0.1) is 11.3 Å². The zero-order valence-electron chi connectivity index (χ0n) is 21.8. The van der Waals surface area contributed by atoms with Gasteiger partial charge in [0.25, 0.3) is 0 Å². The number of piperidine rings is 1. The van der Waals surface area contributed by atoms with Gasteiger partial charge in [-0.1, -0.05) is 61.3 Å². The van der Waals surface area contributed by atoms with Crippen molar-refractivity contribution in [3.63, 3.8) is 0 Å². The van der Waals surface area contributed by atoms with Crippen molar-refractivity contribution in [2.75, 3.05) is 19.3 Å². The van der Waals surface area contributed by atoms with Crippen LogP contribution in [0.4, 0.5) is 0 Å². The molecule has 38 heavy (non-hydrogen) atoms. The number of benzene rings is 2. The fourth-order valence-corrected chi connectivity index (χ4v) is 7.11. The summed E-state index contributed by atoms with van der Waals surface area (Å²) >= 11 is 12.6. The van der Waals surface area contributed by atoms with Crippen LogP contribution in [0.2, 0.25) is 10.0 Å². The molecule has 2 aromatic rings. The molecule has 10 heteroatoms. The van der Waals surface area contributed by atoms with Gasteiger partial charge in [-0.05, 0) is 60.6 Å². The van der Waals surface area contributed by atoms with E-state index in [1.54, 1.807) is 32.0 Å². The largest absolute Gasteiger partial charge is 0.481 e. The van der Waals surface area contributed by atoms with E-state index in [-0.39, 0.29) is 37.3 Å². The SMILES string of the molecule is CCN(C[C@H](C1CC1)N1C(=O)[C@](C)(CC(=O)O)C[C@H](c2cccc(Cl)c2)[C@H]1c1ccc(Cl)cc1)S(C)(=O)=O. The maximum Gasteiger partial charge on any atom is 0.304 e. The Kier molecular flexibility index (Phi) is 8.48. The molecule has 1 saturated carbocycles. The summed E-state index contributed by atoms with van der Waals surface area (Å²) in [6, 6.07) is 13.9. The highest BCUT2D eigenvalue weighted by Gasteiger charge is 2.54. The number of carboxylic acids is 1. The monoisotopic (exact) mass is 580 g/mol. The van der Waals surface area contributed by atoms with Gasteiger partial charge in [0.15, 0.2) is 0 Å². The van der Waals surface area contributed by atoms with Crippen molar-refractivity contribution in [2.24, 2.45) is 11.3 Å². The van der Waals surface area contributed by atoms with Gasteiger partial charge in [0.2, 0.25) is 15.9 Å². The van der Waals surface area contributed by atoms with Gasteiger partial charge in [-0.3, -0.25) is 9.59 Å². The van der Waals surface area contributed by atoms with Crippen LogP contribution in [-0.2, 0) is 19.6 Å². The van der Waals surface area contributed by atoms with Gasteiger partial charge >= 0.3 is 5.97 Å². The number of nitrogens with zero attached hydrogens (tertiary/aromatic N) is 2. The predicted molar refractivity (Wildman–Crippen MR) is 149 cm³/mol. The number of carbonyl (C=O) groups is 2. The van der Waals surface area contributed by atoms with Crippen LogP contribution in [0.15, 0.2) is 48.5 Å². The Morgan fingerprint density at radius 3 is 2.32 bits per heavy atom. The van der Waals surface area contributed by atoms with E-state index < -0.39 is 33.5 Å². The third-order valence-corrected chi connectivity index (χ3v) is 9.70. The molecule has 1 amide bonds. The lowest BCUT2D eigenvalue weighted by Gasteiger charge is -2.52. The molecule has 4 atom stereocenters. The third-order valence-electron chi connectivity index (χ3n) is 7.87. The van der Waals surface area contributed by atoms with Crippen LogP contribution in [0.25, 0.3) is 0 Å². The highest BCUT2D eigenvalue weighted by molar-refractivity contribution is 7.88. The molecule has 0 aromatic heterocycles. The van der Waals surface area contributed by atoms with Gasteiger partial charge in [-0.2, -0.15) is 0 Å². The molecule has 0 unspecified atom stereocenters. The standard InChI is InChI=1S/C28H34Cl2N2O5S/c1-4-31(38(3,36)37)17-24(18-8-9-18)32-26(19-10-12-21(29)13-11-19)23(20-6-5-7-22(30)14-20)15-28(2,27(32)35)16-25(33)34/h5-7,10-14,18,23-24,26H,4,8-9,15-17H2,1-3H3,(H,33,34)/t23-,24-,26-,28+/m1/s1. The van der Waals surface area contributed by atoms with Crippen LogP contribution in [0.3, 0.4) is 0 Å². The molecule has 2 fully saturated rings. The quantitative estimate of drug-likeness (QED) is 0.395. The van der Waals surface area contributed by atoms with E-state index in [9.17, 15) is 23.1 Å². The summed E-state index contributed by atoms with van der Waals surface area (Å²) in [5.41, 5.74) is 0.575. The first-order chi connectivity index (χ1) is 17.8. The summed E-state index contributed by atoms with van der Waals surface area (Å²) in [6.07, 6.45) is 2.91. The molecule has 0 spiro atoms. The van der Waals surface area contributed by atoms with E-state index in [4.69, 9.17) is 23.2 Å². The van der Waals surface area contributed by atoms with Gasteiger partial charge in [0, 0.05) is 35.1 Å². The maximum atomic E-state index is 14.4. The zero-order chi connectivity index (χ0) is 27.8. The van der Waals surface area contributed by atoms with Crippen LogP contribution in [0.5, 0.6) is 0 Å². The van der Waals surface area contributed by atoms with Crippen molar-refractivity contribution < 1.29 is 23.1 Å². The van der Waals surface area contributed by atoms with E-state index in [0.717, 1.165) is 24.0 Å². The lowest BCUT2D eigenvalue weighted by Crippen LogP contribution is -2.59. The second-order valence-electron chi connectivity index (χ2n) is 10.8. The molecule has 0 bridgehead atoms. The van der Waals surface area contributed by atoms with Crippen molar-refractivity contribution in [1.29, 1.82) is 0 Å². The van der Waals surface area contributed by atoms with Gasteiger partial charge in [-0.15, -0.1) is 0 Å². The average molecular weight is 582 g/mol. The number of halogens is 2. The number of amides is 1. The van der Waals surface area contributed by atoms with Crippen LogP contribution in [-0.4, -0.2) is 60.0 Å². The Morgan fingerprint density at radius 2 is 1.79 bits per heavy atom. The second-order valence-corrected chi connectivity index (χ2v) is 13.7. The minimum atomic E-state index is -3.51. The van der Waals surface area contributed by atoms with Crippen molar-refractivity contribution in [3.05, 3.63) is 69.7 Å². The fraction of sp³-hybridized carbons (Fsp3) is 0.500. The van der Waals surface area contributed by atoms with Crippen LogP contribution >= 0.6 is 23.2 Å². The Hall–Kier alpha value is -2.13. The molecule has 1 heterocycles. The Morgan fingerprint density at radius 1 is 1.13 bits per heavy atom. The Bertz CT molecular complexity index is 1300. The molecule has 1 aliphatic carbocycles. The molecular formula is C28H34Cl2N2O5S. The number of hydrogen-bond acceptors (Lipinski definition) is 4. The number of sulfonamides is 1. The molecule has 2 aromatic carbocycles. The molecule has 206 valence electrons. The molecule has 1 saturated heterocycles. The minimum absolute atomic E-state index is 0.122. The number of rotatable bonds is 10. The van der Waals surface area contributed by atoms with E-state index in [1.165, 1.54) is 10.6 Å². The number of aliphatic carboxylic acids is 1. The average Bonchev–Trinajstić information content (AvgIpc) is 3.66. The first-order valence-electron chi connectivity index (χ1n) is 12.8. The van der Waals surface area contributed by atoms with Gasteiger partial charge in [-0.25, -0.2) is 12.7 Å². The molecule has 4 rings (SSSR count). The van der Waals surface area contributed by atoms with Crippen LogP contribution < -0.4 is 0 Å². The first kappa shape index (κ1) is 28.9. The highest BCUT2D eigenvalue weighted by Crippen LogP contribution is 2.54. The lowest BCUT2D eigenvalue weighted by molar-refractivity contribution is -0.161. The molecule has 7 nitrogen and oxygen atoms in total. The summed E-state index contributed by atoms with van der Waals surface area (Å²) in [6.45, 7) is 3.92. The van der Waals surface area contributed by atoms with Gasteiger partial charge in [0.05, 0.1) is 24.1 Å². The Balaban J connectivity index is 1.92. The molecule has 1 aliphatic heterocycles. The molecular weight excluding hydrogens is 547 g/mol. The first-order valence-corrected chi connectivity index (χ1v) is 15.4. The number of likely N-dealkylation sites (N-methyl/N-ethyl adjacent to an activating group) is 1. The van der Waals surface area contributed by atoms with E-state index in [2.05, 4.69) is 0 Å². The van der Waals surface area contributed by atoms with Crippen molar-refractivity contribution in [1.82, 2.24) is 9.21 Å². The normalized spacial score (nSPS) is 25.0. The predicted octanol–water partition coefficient (Wildman–Crippen LogP) is 5.59. The van der Waals surface area contributed by atoms with Crippen molar-refractivity contribution in [3.8, 4) is 0 Å². The van der Waals surface area contributed by atoms with Crippen molar-refractivity contribution in [2.45, 2.75) is 57.5 Å². The molecule has 0 radical (unpaired) electrons. The second kappa shape index (κ2) is 11.2. The smallest absolute Gasteiger partial charge is 0.304 e. The Labute approximate surface area is 234 Å². The summed E-state index contributed by atoms with van der Waals surface area (Å²) in [7, 11) is -3.51. The fourth-order valence-electron chi connectivity index (χ4n) is 5.90. The third kappa shape index (κ3) is 6.19. The van der Waals surface area contributed by atoms with Gasteiger partial charge < -0.3 is 10.0 Å². The van der Waals surface area contributed by atoms with E-state index >= 15 is 0 Å². The summed E-state index contributed by atoms with van der Waals surface area (Å²) < 4.78 is 26.6. The number of carboxylic acid groups (broad SMARTS) is 1. The van der Waals surface area contributed by atoms with Crippen LogP contribution in [0.1, 0.15) is 62.6 Å². The summed E-state index contributed by atoms with van der Waals surface area (Å²) in [5, 5.41) is 10.9. The summed E-state index contributed by atoms with van der Waals surface area (Å²) in [4.78, 5) is 28.2. The van der Waals surface area contributed by atoms with E-state index in [0.29, 0.717) is 16.5 Å². The highest BCUT2D eigenvalue weighted by atomic mass is 35.5. The van der Waals surface area contributed by atoms with E-state index in [1.807, 2.05) is 35.2 Å². The number of hydrogen-bond donors (Lipinski definition) is 1. The number of likely N-dealkylation sites (tertiary alicyclic amines) is 1. The van der Waals surface area contributed by atoms with Gasteiger partial charge in [0.1, 0.15) is 0 Å². The summed E-state index contributed by atoms with van der Waals surface area (Å²) in [5.74, 6) is -1.47.